The second-order valence-electron chi connectivity index (χ2n) is 5.22. The summed E-state index contributed by atoms with van der Waals surface area (Å²) in [6.45, 7) is 0.959. The van der Waals surface area contributed by atoms with E-state index in [-0.39, 0.29) is 18.3 Å². The summed E-state index contributed by atoms with van der Waals surface area (Å²) in [6, 6.07) is 18.8. The fraction of sp³-hybridized carbons (Fsp3) is 0.278. The number of carbonyl (C=O) groups excluding carboxylic acids is 1. The number of carbonyl (C=O) groups is 1. The topological polar surface area (TPSA) is 55.6 Å². The van der Waals surface area contributed by atoms with E-state index in [4.69, 9.17) is 10.5 Å². The van der Waals surface area contributed by atoms with Crippen LogP contribution in [0.5, 0.6) is 5.75 Å². The van der Waals surface area contributed by atoms with Gasteiger partial charge in [0.2, 0.25) is 5.91 Å². The molecule has 0 unspecified atom stereocenters. The molecule has 124 valence electrons. The van der Waals surface area contributed by atoms with E-state index < -0.39 is 6.04 Å². The highest BCUT2D eigenvalue weighted by atomic mass is 35.5. The standard InChI is InChI=1S/C18H22N2O2.ClH/c1-20(12-13-22-16-10-6-3-7-11-16)18(21)17(19)14-15-8-4-2-5-9-15;/h2-11,17H,12-14,19H2,1H3;1H/t17-;/m0./s1. The van der Waals surface area contributed by atoms with Crippen molar-refractivity contribution in [1.29, 1.82) is 0 Å². The number of hydrogen-bond acceptors (Lipinski definition) is 3. The summed E-state index contributed by atoms with van der Waals surface area (Å²) in [7, 11) is 1.75. The molecule has 4 nitrogen and oxygen atoms in total. The molecule has 0 aliphatic carbocycles. The molecule has 5 heteroatoms. The number of nitrogens with two attached hydrogens (primary N) is 1. The van der Waals surface area contributed by atoms with Crippen molar-refractivity contribution >= 4 is 18.3 Å². The zero-order valence-corrected chi connectivity index (χ0v) is 14.0. The monoisotopic (exact) mass is 334 g/mol. The Morgan fingerprint density at radius 1 is 1.09 bits per heavy atom. The highest BCUT2D eigenvalue weighted by molar-refractivity contribution is 5.85. The van der Waals surface area contributed by atoms with Gasteiger partial charge < -0.3 is 15.4 Å². The number of nitrogens with zero attached hydrogens (tertiary/aromatic N) is 1. The van der Waals surface area contributed by atoms with Gasteiger partial charge in [-0.25, -0.2) is 0 Å². The van der Waals surface area contributed by atoms with Gasteiger partial charge >= 0.3 is 0 Å². The van der Waals surface area contributed by atoms with Crippen LogP contribution in [0.15, 0.2) is 60.7 Å². The van der Waals surface area contributed by atoms with Gasteiger partial charge in [-0.05, 0) is 24.1 Å². The molecule has 0 aliphatic heterocycles. The first-order chi connectivity index (χ1) is 10.7. The molecule has 0 fully saturated rings. The van der Waals surface area contributed by atoms with Gasteiger partial charge in [0.1, 0.15) is 12.4 Å². The number of likely N-dealkylation sites (N-methyl/N-ethyl adjacent to an activating group) is 1. The maximum atomic E-state index is 12.2. The van der Waals surface area contributed by atoms with Crippen LogP contribution in [-0.2, 0) is 11.2 Å². The Bertz CT molecular complexity index is 578. The second-order valence-corrected chi connectivity index (χ2v) is 5.22. The number of benzene rings is 2. The molecule has 0 bridgehead atoms. The van der Waals surface area contributed by atoms with Crippen LogP contribution in [0.3, 0.4) is 0 Å². The molecule has 0 radical (unpaired) electrons. The van der Waals surface area contributed by atoms with Gasteiger partial charge in [-0.15, -0.1) is 12.4 Å². The highest BCUT2D eigenvalue weighted by Gasteiger charge is 2.18. The molecule has 2 N–H and O–H groups in total. The molecule has 1 amide bonds. The van der Waals surface area contributed by atoms with E-state index >= 15 is 0 Å². The molecule has 0 saturated carbocycles. The number of halogens is 1. The van der Waals surface area contributed by atoms with Crippen molar-refractivity contribution in [3.63, 3.8) is 0 Å². The second kappa shape index (κ2) is 9.87. The normalized spacial score (nSPS) is 11.2. The smallest absolute Gasteiger partial charge is 0.239 e. The first kappa shape index (κ1) is 19.0. The van der Waals surface area contributed by atoms with Crippen molar-refractivity contribution in [2.75, 3.05) is 20.2 Å². The summed E-state index contributed by atoms with van der Waals surface area (Å²) in [5, 5.41) is 0. The van der Waals surface area contributed by atoms with Gasteiger partial charge in [0.15, 0.2) is 0 Å². The summed E-state index contributed by atoms with van der Waals surface area (Å²) in [5.74, 6) is 0.734. The number of para-hydroxylation sites is 1. The van der Waals surface area contributed by atoms with Crippen molar-refractivity contribution in [1.82, 2.24) is 4.90 Å². The highest BCUT2D eigenvalue weighted by Crippen LogP contribution is 2.08. The van der Waals surface area contributed by atoms with E-state index in [1.54, 1.807) is 11.9 Å². The average molecular weight is 335 g/mol. The predicted octanol–water partition coefficient (Wildman–Crippen LogP) is 2.52. The third kappa shape index (κ3) is 6.30. The van der Waals surface area contributed by atoms with Crippen molar-refractivity contribution < 1.29 is 9.53 Å². The quantitative estimate of drug-likeness (QED) is 0.846. The Morgan fingerprint density at radius 3 is 2.26 bits per heavy atom. The number of hydrogen-bond donors (Lipinski definition) is 1. The Balaban J connectivity index is 0.00000264. The lowest BCUT2D eigenvalue weighted by Gasteiger charge is -2.21. The van der Waals surface area contributed by atoms with Gasteiger partial charge in [-0.1, -0.05) is 48.5 Å². The van der Waals surface area contributed by atoms with Crippen molar-refractivity contribution in [2.24, 2.45) is 5.73 Å². The van der Waals surface area contributed by atoms with Gasteiger partial charge in [0.05, 0.1) is 12.6 Å². The fourth-order valence-electron chi connectivity index (χ4n) is 2.17. The molecular formula is C18H23ClN2O2. The molecule has 2 aromatic rings. The van der Waals surface area contributed by atoms with E-state index in [9.17, 15) is 4.79 Å². The van der Waals surface area contributed by atoms with E-state index in [2.05, 4.69) is 0 Å². The molecule has 0 aliphatic rings. The number of amides is 1. The predicted molar refractivity (Wildman–Crippen MR) is 94.9 cm³/mol. The molecule has 0 heterocycles. The van der Waals surface area contributed by atoms with Crippen LogP contribution in [0.1, 0.15) is 5.56 Å². The van der Waals surface area contributed by atoms with E-state index in [1.165, 1.54) is 0 Å². The third-order valence-corrected chi connectivity index (χ3v) is 3.43. The minimum atomic E-state index is -0.524. The summed E-state index contributed by atoms with van der Waals surface area (Å²) < 4.78 is 5.59. The fourth-order valence-corrected chi connectivity index (χ4v) is 2.17. The summed E-state index contributed by atoms with van der Waals surface area (Å²) in [4.78, 5) is 13.9. The molecule has 2 aromatic carbocycles. The van der Waals surface area contributed by atoms with Gasteiger partial charge in [-0.3, -0.25) is 4.79 Å². The van der Waals surface area contributed by atoms with E-state index in [0.717, 1.165) is 11.3 Å². The SMILES string of the molecule is CN(CCOc1ccccc1)C(=O)[C@@H](N)Cc1ccccc1.Cl. The minimum absolute atomic E-state index is 0. The molecule has 2 rings (SSSR count). The number of ether oxygens (including phenoxy) is 1. The van der Waals surface area contributed by atoms with Gasteiger partial charge in [0.25, 0.3) is 0 Å². The van der Waals surface area contributed by atoms with Gasteiger partial charge in [0, 0.05) is 7.05 Å². The lowest BCUT2D eigenvalue weighted by Crippen LogP contribution is -2.44. The molecule has 0 aromatic heterocycles. The van der Waals surface area contributed by atoms with Crippen LogP contribution in [0.25, 0.3) is 0 Å². The molecule has 0 saturated heterocycles. The maximum absolute atomic E-state index is 12.2. The minimum Gasteiger partial charge on any atom is -0.492 e. The summed E-state index contributed by atoms with van der Waals surface area (Å²) in [6.07, 6.45) is 0.545. The van der Waals surface area contributed by atoms with E-state index in [1.807, 2.05) is 60.7 Å². The molecule has 1 atom stereocenters. The largest absolute Gasteiger partial charge is 0.492 e. The van der Waals surface area contributed by atoms with Crippen LogP contribution in [0, 0.1) is 0 Å². The van der Waals surface area contributed by atoms with Crippen molar-refractivity contribution in [2.45, 2.75) is 12.5 Å². The van der Waals surface area contributed by atoms with E-state index in [0.29, 0.717) is 19.6 Å². The van der Waals surface area contributed by atoms with Crippen molar-refractivity contribution in [3.8, 4) is 5.75 Å². The van der Waals surface area contributed by atoms with Crippen molar-refractivity contribution in [3.05, 3.63) is 66.2 Å². The lowest BCUT2D eigenvalue weighted by molar-refractivity contribution is -0.131. The van der Waals surface area contributed by atoms with Crippen LogP contribution in [-0.4, -0.2) is 37.0 Å². The molecule has 23 heavy (non-hydrogen) atoms. The van der Waals surface area contributed by atoms with Crippen LogP contribution < -0.4 is 10.5 Å². The Morgan fingerprint density at radius 2 is 1.65 bits per heavy atom. The first-order valence-corrected chi connectivity index (χ1v) is 7.39. The Labute approximate surface area is 143 Å². The Hall–Kier alpha value is -2.04. The van der Waals surface area contributed by atoms with Gasteiger partial charge in [-0.2, -0.15) is 0 Å². The third-order valence-electron chi connectivity index (χ3n) is 3.43. The summed E-state index contributed by atoms with van der Waals surface area (Å²) >= 11 is 0. The Kier molecular flexibility index (Phi) is 8.16. The molecule has 0 spiro atoms. The zero-order valence-electron chi connectivity index (χ0n) is 13.2. The molecular weight excluding hydrogens is 312 g/mol. The average Bonchev–Trinajstić information content (AvgIpc) is 2.56. The number of rotatable bonds is 7. The summed E-state index contributed by atoms with van der Waals surface area (Å²) in [5.41, 5.74) is 7.07. The first-order valence-electron chi connectivity index (χ1n) is 7.39. The zero-order chi connectivity index (χ0) is 15.8. The van der Waals surface area contributed by atoms with Crippen LogP contribution >= 0.6 is 12.4 Å². The lowest BCUT2D eigenvalue weighted by atomic mass is 10.1. The van der Waals surface area contributed by atoms with Crippen LogP contribution in [0.4, 0.5) is 0 Å². The van der Waals surface area contributed by atoms with Crippen LogP contribution in [0.2, 0.25) is 0 Å². The maximum Gasteiger partial charge on any atom is 0.239 e.